The molecule has 0 atom stereocenters. The summed E-state index contributed by atoms with van der Waals surface area (Å²) in [4.78, 5) is 14.2. The molecule has 6 heteroatoms. The lowest BCUT2D eigenvalue weighted by Gasteiger charge is -2.24. The highest BCUT2D eigenvalue weighted by Gasteiger charge is 2.16. The number of halogens is 2. The average Bonchev–Trinajstić information content (AvgIpc) is 2.42. The number of hydrogen-bond acceptors (Lipinski definition) is 3. The summed E-state index contributed by atoms with van der Waals surface area (Å²) in [6.07, 6.45) is 0.727. The predicted molar refractivity (Wildman–Crippen MR) is 77.5 cm³/mol. The molecular formula is C15H22F2N2O2. The monoisotopic (exact) mass is 300 g/mol. The maximum atomic E-state index is 12.4. The Hall–Kier alpha value is -1.69. The summed E-state index contributed by atoms with van der Waals surface area (Å²) >= 11 is 0. The second kappa shape index (κ2) is 8.56. The van der Waals surface area contributed by atoms with Crippen LogP contribution in [0.1, 0.15) is 30.6 Å². The number of amides is 1. The summed E-state index contributed by atoms with van der Waals surface area (Å²) in [5.74, 6) is 0.257. The Bertz CT molecular complexity index is 436. The van der Waals surface area contributed by atoms with E-state index in [-0.39, 0.29) is 11.7 Å². The molecule has 118 valence electrons. The number of ether oxygens (including phenoxy) is 1. The first-order chi connectivity index (χ1) is 9.93. The van der Waals surface area contributed by atoms with Gasteiger partial charge in [-0.3, -0.25) is 4.79 Å². The summed E-state index contributed by atoms with van der Waals surface area (Å²) in [6, 6.07) is 5.73. The number of alkyl halides is 2. The summed E-state index contributed by atoms with van der Waals surface area (Å²) in [6.45, 7) is 2.93. The van der Waals surface area contributed by atoms with Gasteiger partial charge in [0.1, 0.15) is 5.75 Å². The van der Waals surface area contributed by atoms with Crippen LogP contribution in [0.25, 0.3) is 0 Å². The summed E-state index contributed by atoms with van der Waals surface area (Å²) in [5, 5.41) is 0. The van der Waals surface area contributed by atoms with E-state index in [1.54, 1.807) is 4.90 Å². The van der Waals surface area contributed by atoms with Crippen molar-refractivity contribution in [3.8, 4) is 5.75 Å². The minimum atomic E-state index is -2.87. The zero-order valence-corrected chi connectivity index (χ0v) is 12.4. The van der Waals surface area contributed by atoms with Crippen LogP contribution in [0.3, 0.4) is 0 Å². The van der Waals surface area contributed by atoms with E-state index in [2.05, 4.69) is 4.74 Å². The number of carbonyl (C=O) groups excluding carboxylic acids is 1. The minimum Gasteiger partial charge on any atom is -0.435 e. The van der Waals surface area contributed by atoms with Crippen LogP contribution in [0.5, 0.6) is 5.75 Å². The molecule has 0 saturated heterocycles. The maximum absolute atomic E-state index is 12.4. The van der Waals surface area contributed by atoms with Gasteiger partial charge in [0.15, 0.2) is 0 Å². The van der Waals surface area contributed by atoms with E-state index in [1.165, 1.54) is 24.3 Å². The van der Waals surface area contributed by atoms with Gasteiger partial charge < -0.3 is 15.4 Å². The number of nitrogens with zero attached hydrogens (tertiary/aromatic N) is 1. The zero-order chi connectivity index (χ0) is 15.8. The number of benzene rings is 1. The Labute approximate surface area is 123 Å². The zero-order valence-electron chi connectivity index (χ0n) is 12.4. The number of nitrogens with two attached hydrogens (primary N) is 1. The van der Waals surface area contributed by atoms with Crippen molar-refractivity contribution in [2.24, 2.45) is 11.7 Å². The number of rotatable bonds is 8. The van der Waals surface area contributed by atoms with Gasteiger partial charge in [-0.25, -0.2) is 0 Å². The van der Waals surface area contributed by atoms with Crippen molar-refractivity contribution in [1.29, 1.82) is 0 Å². The Morgan fingerprint density at radius 3 is 2.38 bits per heavy atom. The van der Waals surface area contributed by atoms with Gasteiger partial charge in [0.2, 0.25) is 0 Å². The van der Waals surface area contributed by atoms with E-state index in [4.69, 9.17) is 5.73 Å². The van der Waals surface area contributed by atoms with E-state index in [9.17, 15) is 13.6 Å². The molecule has 0 aliphatic heterocycles. The van der Waals surface area contributed by atoms with Gasteiger partial charge in [0.25, 0.3) is 5.91 Å². The number of hydrogen-bond donors (Lipinski definition) is 1. The molecule has 1 rings (SSSR count). The normalized spacial score (nSPS) is 11.0. The maximum Gasteiger partial charge on any atom is 0.387 e. The lowest BCUT2D eigenvalue weighted by molar-refractivity contribution is -0.0498. The van der Waals surface area contributed by atoms with Crippen LogP contribution in [-0.2, 0) is 0 Å². The first-order valence-electron chi connectivity index (χ1n) is 6.98. The van der Waals surface area contributed by atoms with Gasteiger partial charge in [0.05, 0.1) is 0 Å². The van der Waals surface area contributed by atoms with Crippen LogP contribution in [0.4, 0.5) is 8.78 Å². The van der Waals surface area contributed by atoms with Gasteiger partial charge in [-0.05, 0) is 43.1 Å². The van der Waals surface area contributed by atoms with Crippen molar-refractivity contribution >= 4 is 5.91 Å². The van der Waals surface area contributed by atoms with Gasteiger partial charge in [-0.2, -0.15) is 8.78 Å². The van der Waals surface area contributed by atoms with Crippen molar-refractivity contribution in [3.63, 3.8) is 0 Å². The highest BCUT2D eigenvalue weighted by atomic mass is 19.3. The topological polar surface area (TPSA) is 55.6 Å². The van der Waals surface area contributed by atoms with Crippen LogP contribution in [0, 0.1) is 5.92 Å². The van der Waals surface area contributed by atoms with Gasteiger partial charge >= 0.3 is 6.61 Å². The van der Waals surface area contributed by atoms with E-state index >= 15 is 0 Å². The van der Waals surface area contributed by atoms with Gasteiger partial charge in [0, 0.05) is 18.7 Å². The smallest absolute Gasteiger partial charge is 0.387 e. The lowest BCUT2D eigenvalue weighted by atomic mass is 10.1. The molecule has 0 aliphatic rings. The van der Waals surface area contributed by atoms with Gasteiger partial charge in [-0.15, -0.1) is 0 Å². The summed E-state index contributed by atoms with van der Waals surface area (Å²) in [7, 11) is 0. The standard InChI is InChI=1S/C15H22F2N2O2/c1-11(2)10-19(9-3-8-18)14(20)12-4-6-13(7-5-12)21-15(16)17/h4-7,11,15H,3,8-10,18H2,1-2H3. The minimum absolute atomic E-state index is 0.0407. The van der Waals surface area contributed by atoms with E-state index in [0.717, 1.165) is 6.42 Å². The van der Waals surface area contributed by atoms with E-state index < -0.39 is 6.61 Å². The number of carbonyl (C=O) groups is 1. The molecule has 0 unspecified atom stereocenters. The van der Waals surface area contributed by atoms with Crippen LogP contribution < -0.4 is 10.5 Å². The molecule has 1 amide bonds. The average molecular weight is 300 g/mol. The molecule has 2 N–H and O–H groups in total. The largest absolute Gasteiger partial charge is 0.435 e. The van der Waals surface area contributed by atoms with Crippen molar-refractivity contribution in [3.05, 3.63) is 29.8 Å². The van der Waals surface area contributed by atoms with E-state index in [0.29, 0.717) is 31.1 Å². The SMILES string of the molecule is CC(C)CN(CCCN)C(=O)c1ccc(OC(F)F)cc1. The Balaban J connectivity index is 2.77. The molecule has 0 spiro atoms. The molecule has 0 heterocycles. The van der Waals surface area contributed by atoms with Gasteiger partial charge in [-0.1, -0.05) is 13.8 Å². The molecule has 21 heavy (non-hydrogen) atoms. The summed E-state index contributed by atoms with van der Waals surface area (Å²) < 4.78 is 28.4. The Morgan fingerprint density at radius 2 is 1.90 bits per heavy atom. The van der Waals surface area contributed by atoms with Crippen LogP contribution in [-0.4, -0.2) is 37.1 Å². The molecule has 0 aliphatic carbocycles. The molecular weight excluding hydrogens is 278 g/mol. The second-order valence-electron chi connectivity index (χ2n) is 5.19. The van der Waals surface area contributed by atoms with Crippen molar-refractivity contribution in [2.75, 3.05) is 19.6 Å². The quantitative estimate of drug-likeness (QED) is 0.803. The Morgan fingerprint density at radius 1 is 1.29 bits per heavy atom. The van der Waals surface area contributed by atoms with Crippen LogP contribution in [0.15, 0.2) is 24.3 Å². The second-order valence-corrected chi connectivity index (χ2v) is 5.19. The van der Waals surface area contributed by atoms with Crippen LogP contribution in [0.2, 0.25) is 0 Å². The fourth-order valence-electron chi connectivity index (χ4n) is 1.96. The first-order valence-corrected chi connectivity index (χ1v) is 6.98. The molecule has 4 nitrogen and oxygen atoms in total. The van der Waals surface area contributed by atoms with Crippen molar-refractivity contribution < 1.29 is 18.3 Å². The summed E-state index contributed by atoms with van der Waals surface area (Å²) in [5.41, 5.74) is 5.94. The lowest BCUT2D eigenvalue weighted by Crippen LogP contribution is -2.35. The molecule has 0 saturated carbocycles. The van der Waals surface area contributed by atoms with E-state index in [1.807, 2.05) is 13.8 Å². The fraction of sp³-hybridized carbons (Fsp3) is 0.533. The Kier molecular flexibility index (Phi) is 7.08. The van der Waals surface area contributed by atoms with Crippen LogP contribution >= 0.6 is 0 Å². The molecule has 1 aromatic rings. The third kappa shape index (κ3) is 6.08. The highest BCUT2D eigenvalue weighted by molar-refractivity contribution is 5.94. The highest BCUT2D eigenvalue weighted by Crippen LogP contribution is 2.16. The predicted octanol–water partition coefficient (Wildman–Crippen LogP) is 2.74. The molecule has 0 aromatic heterocycles. The molecule has 0 radical (unpaired) electrons. The van der Waals surface area contributed by atoms with Crippen molar-refractivity contribution in [1.82, 2.24) is 4.90 Å². The molecule has 1 aromatic carbocycles. The molecule has 0 bridgehead atoms. The molecule has 0 fully saturated rings. The first kappa shape index (κ1) is 17.4. The third-order valence-electron chi connectivity index (χ3n) is 2.83. The third-order valence-corrected chi connectivity index (χ3v) is 2.83. The fourth-order valence-corrected chi connectivity index (χ4v) is 1.96. The van der Waals surface area contributed by atoms with Crippen molar-refractivity contribution in [2.45, 2.75) is 26.9 Å².